The Labute approximate surface area is 186 Å². The molecule has 0 aliphatic carbocycles. The number of carbonyl (C=O) groups is 1. The van der Waals surface area contributed by atoms with Crippen LogP contribution in [-0.2, 0) is 6.42 Å². The highest BCUT2D eigenvalue weighted by Gasteiger charge is 2.32. The van der Waals surface area contributed by atoms with Crippen molar-refractivity contribution in [3.8, 4) is 5.88 Å². The number of nitrogens with zero attached hydrogens (tertiary/aromatic N) is 3. The normalized spacial score (nSPS) is 23.1. The van der Waals surface area contributed by atoms with Crippen LogP contribution >= 0.6 is 22.7 Å². The van der Waals surface area contributed by atoms with Crippen LogP contribution in [0.4, 0.5) is 15.9 Å². The molecule has 0 saturated carbocycles. The molecule has 2 aliphatic rings. The van der Waals surface area contributed by atoms with Crippen molar-refractivity contribution in [1.82, 2.24) is 15.3 Å². The molecule has 164 valence electrons. The lowest BCUT2D eigenvalue weighted by molar-refractivity contribution is 0.0918. The number of fused-ring (bicyclic) bond motifs is 2. The van der Waals surface area contributed by atoms with Crippen LogP contribution in [0.5, 0.6) is 5.88 Å². The van der Waals surface area contributed by atoms with Gasteiger partial charge in [0.1, 0.15) is 22.1 Å². The van der Waals surface area contributed by atoms with E-state index >= 15 is 0 Å². The van der Waals surface area contributed by atoms with Crippen molar-refractivity contribution in [1.29, 1.82) is 0 Å². The van der Waals surface area contributed by atoms with Gasteiger partial charge in [-0.15, -0.1) is 22.7 Å². The van der Waals surface area contributed by atoms with Gasteiger partial charge in [0.25, 0.3) is 5.91 Å². The number of hydrogen-bond donors (Lipinski definition) is 3. The maximum absolute atomic E-state index is 13.1. The first kappa shape index (κ1) is 20.4. The number of ether oxygens (including phenoxy) is 1. The molecule has 3 unspecified atom stereocenters. The summed E-state index contributed by atoms with van der Waals surface area (Å²) in [5, 5.41) is 3.95. The number of hydrogen-bond acceptors (Lipinski definition) is 9. The summed E-state index contributed by atoms with van der Waals surface area (Å²) in [6, 6.07) is 3.48. The molecule has 31 heavy (non-hydrogen) atoms. The topological polar surface area (TPSA) is 119 Å². The standard InChI is InChI=1S/C20H23FN6O2S2/c1-9-24-20-17(30-9)15(23)16(31-20)18(28)25-12-4-10-2-3-14(26-19(10)29-8-12)27-6-11(5-21)13(22)7-27/h2-3,11-13H,4-8,22-23H2,1H3,(H,25,28). The second kappa shape index (κ2) is 7.88. The molecule has 2 aliphatic heterocycles. The number of halogens is 1. The lowest BCUT2D eigenvalue weighted by Gasteiger charge is -2.27. The number of rotatable bonds is 4. The number of anilines is 2. The number of nitrogens with one attached hydrogen (secondary N) is 1. The smallest absolute Gasteiger partial charge is 0.263 e. The van der Waals surface area contributed by atoms with Crippen LogP contribution in [-0.4, -0.2) is 54.3 Å². The summed E-state index contributed by atoms with van der Waals surface area (Å²) < 4.78 is 19.8. The van der Waals surface area contributed by atoms with Crippen molar-refractivity contribution < 1.29 is 13.9 Å². The SMILES string of the molecule is Cc1nc2sc(C(=O)NC3COc4nc(N5CC(N)C(CF)C5)ccc4C3)c(N)c2s1. The van der Waals surface area contributed by atoms with E-state index in [1.54, 1.807) is 0 Å². The first-order valence-electron chi connectivity index (χ1n) is 10.1. The van der Waals surface area contributed by atoms with Crippen molar-refractivity contribution >= 4 is 49.6 Å². The molecule has 3 aromatic rings. The molecule has 5 heterocycles. The number of aromatic nitrogens is 2. The molecule has 5 rings (SSSR count). The van der Waals surface area contributed by atoms with Crippen LogP contribution in [0, 0.1) is 12.8 Å². The molecule has 0 bridgehead atoms. The van der Waals surface area contributed by atoms with E-state index in [1.165, 1.54) is 22.7 Å². The lowest BCUT2D eigenvalue weighted by atomic mass is 10.1. The second-order valence-corrected chi connectivity index (χ2v) is 10.2. The summed E-state index contributed by atoms with van der Waals surface area (Å²) in [5.74, 6) is 0.908. The maximum Gasteiger partial charge on any atom is 0.263 e. The Morgan fingerprint density at radius 3 is 2.94 bits per heavy atom. The van der Waals surface area contributed by atoms with Crippen LogP contribution in [0.3, 0.4) is 0 Å². The molecule has 5 N–H and O–H groups in total. The van der Waals surface area contributed by atoms with E-state index < -0.39 is 6.67 Å². The average Bonchev–Trinajstić information content (AvgIpc) is 3.40. The molecule has 3 atom stereocenters. The van der Waals surface area contributed by atoms with Gasteiger partial charge >= 0.3 is 0 Å². The Balaban J connectivity index is 1.27. The van der Waals surface area contributed by atoms with Crippen LogP contribution in [0.2, 0.25) is 0 Å². The van der Waals surface area contributed by atoms with Gasteiger partial charge in [-0.3, -0.25) is 9.18 Å². The Morgan fingerprint density at radius 2 is 2.19 bits per heavy atom. The van der Waals surface area contributed by atoms with Crippen molar-refractivity contribution in [2.45, 2.75) is 25.4 Å². The fraction of sp³-hybridized carbons (Fsp3) is 0.450. The molecule has 0 aromatic carbocycles. The van der Waals surface area contributed by atoms with E-state index in [9.17, 15) is 9.18 Å². The molecule has 0 radical (unpaired) electrons. The minimum Gasteiger partial charge on any atom is -0.475 e. The van der Waals surface area contributed by atoms with Gasteiger partial charge in [0.05, 0.1) is 28.1 Å². The zero-order valence-electron chi connectivity index (χ0n) is 16.9. The highest BCUT2D eigenvalue weighted by Crippen LogP contribution is 2.37. The third kappa shape index (κ3) is 3.70. The first-order valence-corrected chi connectivity index (χ1v) is 11.7. The number of amides is 1. The second-order valence-electron chi connectivity index (χ2n) is 8.01. The van der Waals surface area contributed by atoms with Gasteiger partial charge in [0.2, 0.25) is 5.88 Å². The zero-order valence-corrected chi connectivity index (χ0v) is 18.6. The summed E-state index contributed by atoms with van der Waals surface area (Å²) in [7, 11) is 0. The highest BCUT2D eigenvalue weighted by molar-refractivity contribution is 7.29. The fourth-order valence-corrected chi connectivity index (χ4v) is 6.17. The number of alkyl halides is 1. The number of thiazole rings is 1. The summed E-state index contributed by atoms with van der Waals surface area (Å²) in [6.45, 7) is 2.94. The van der Waals surface area contributed by atoms with E-state index in [0.717, 1.165) is 25.9 Å². The number of nitrogen functional groups attached to an aromatic ring is 1. The molecular formula is C20H23FN6O2S2. The van der Waals surface area contributed by atoms with E-state index in [0.29, 0.717) is 42.6 Å². The van der Waals surface area contributed by atoms with Crippen molar-refractivity contribution in [2.75, 3.05) is 37.0 Å². The number of carbonyl (C=O) groups excluding carboxylic acids is 1. The Kier molecular flexibility index (Phi) is 5.19. The number of aryl methyl sites for hydroxylation is 1. The largest absolute Gasteiger partial charge is 0.475 e. The third-order valence-electron chi connectivity index (χ3n) is 5.76. The molecular weight excluding hydrogens is 439 g/mol. The molecule has 8 nitrogen and oxygen atoms in total. The minimum atomic E-state index is -0.428. The lowest BCUT2D eigenvalue weighted by Crippen LogP contribution is -2.43. The predicted molar refractivity (Wildman–Crippen MR) is 121 cm³/mol. The van der Waals surface area contributed by atoms with E-state index in [2.05, 4.69) is 15.3 Å². The van der Waals surface area contributed by atoms with Crippen molar-refractivity contribution in [2.24, 2.45) is 11.7 Å². The zero-order chi connectivity index (χ0) is 21.7. The first-order chi connectivity index (χ1) is 14.9. The molecule has 0 spiro atoms. The van der Waals surface area contributed by atoms with Crippen LogP contribution in [0.1, 0.15) is 20.2 Å². The van der Waals surface area contributed by atoms with Crippen LogP contribution < -0.4 is 26.4 Å². The number of pyridine rings is 1. The van der Waals surface area contributed by atoms with Gasteiger partial charge < -0.3 is 26.4 Å². The fourth-order valence-electron chi connectivity index (χ4n) is 4.08. The number of nitrogens with two attached hydrogens (primary N) is 2. The van der Waals surface area contributed by atoms with Gasteiger partial charge in [-0.25, -0.2) is 4.98 Å². The molecule has 1 amide bonds. The molecule has 3 aromatic heterocycles. The summed E-state index contributed by atoms with van der Waals surface area (Å²) in [5.41, 5.74) is 13.6. The van der Waals surface area contributed by atoms with Gasteiger partial charge in [-0.2, -0.15) is 4.98 Å². The van der Waals surface area contributed by atoms with Gasteiger partial charge in [0, 0.05) is 37.0 Å². The minimum absolute atomic E-state index is 0.169. The quantitative estimate of drug-likeness (QED) is 0.543. The van der Waals surface area contributed by atoms with E-state index in [-0.39, 0.29) is 23.9 Å². The van der Waals surface area contributed by atoms with Crippen molar-refractivity contribution in [3.05, 3.63) is 27.6 Å². The Hall–Kier alpha value is -2.50. The van der Waals surface area contributed by atoms with E-state index in [1.807, 2.05) is 24.0 Å². The van der Waals surface area contributed by atoms with E-state index in [4.69, 9.17) is 16.2 Å². The molecule has 11 heteroatoms. The predicted octanol–water partition coefficient (Wildman–Crippen LogP) is 2.11. The average molecular weight is 463 g/mol. The maximum atomic E-state index is 13.1. The summed E-state index contributed by atoms with van der Waals surface area (Å²) in [4.78, 5) is 25.1. The van der Waals surface area contributed by atoms with Crippen LogP contribution in [0.25, 0.3) is 9.53 Å². The van der Waals surface area contributed by atoms with Gasteiger partial charge in [-0.05, 0) is 19.1 Å². The monoisotopic (exact) mass is 462 g/mol. The van der Waals surface area contributed by atoms with Gasteiger partial charge in [0.15, 0.2) is 0 Å². The summed E-state index contributed by atoms with van der Waals surface area (Å²) >= 11 is 2.81. The molecule has 1 fully saturated rings. The van der Waals surface area contributed by atoms with Gasteiger partial charge in [-0.1, -0.05) is 0 Å². The number of thiophene rings is 1. The summed E-state index contributed by atoms with van der Waals surface area (Å²) in [6.07, 6.45) is 0.609. The third-order valence-corrected chi connectivity index (χ3v) is 7.99. The highest BCUT2D eigenvalue weighted by atomic mass is 32.1. The van der Waals surface area contributed by atoms with Crippen LogP contribution in [0.15, 0.2) is 12.1 Å². The Morgan fingerprint density at radius 1 is 1.35 bits per heavy atom. The molecule has 1 saturated heterocycles. The van der Waals surface area contributed by atoms with Crippen molar-refractivity contribution in [3.63, 3.8) is 0 Å². The Bertz CT molecular complexity index is 1150.